The summed E-state index contributed by atoms with van der Waals surface area (Å²) in [6.45, 7) is 1.78. The maximum Gasteiger partial charge on any atom is 0.267 e. The Morgan fingerprint density at radius 2 is 2.09 bits per heavy atom. The first-order valence-electron chi connectivity index (χ1n) is 7.12. The lowest BCUT2D eigenvalue weighted by Gasteiger charge is -2.17. The van der Waals surface area contributed by atoms with E-state index in [4.69, 9.17) is 15.0 Å². The maximum atomic E-state index is 13.1. The van der Waals surface area contributed by atoms with Gasteiger partial charge in [0, 0.05) is 6.07 Å². The highest BCUT2D eigenvalue weighted by Crippen LogP contribution is 2.35. The van der Waals surface area contributed by atoms with Gasteiger partial charge in [-0.05, 0) is 31.9 Å². The van der Waals surface area contributed by atoms with E-state index in [2.05, 4.69) is 10.1 Å². The van der Waals surface area contributed by atoms with Gasteiger partial charge in [0.15, 0.2) is 11.9 Å². The standard InChI is InChI=1S/C15H18FN3O2.ClH/c1-10(20-12-6-4-5-11(16)9-12)13-18-14(19-21-13)15(17)7-2-3-8-15;/h4-6,9-10H,2-3,7-8,17H2,1H3;1H. The van der Waals surface area contributed by atoms with Gasteiger partial charge in [-0.1, -0.05) is 24.1 Å². The van der Waals surface area contributed by atoms with Crippen LogP contribution in [0.25, 0.3) is 0 Å². The Morgan fingerprint density at radius 1 is 1.36 bits per heavy atom. The minimum atomic E-state index is -0.486. The quantitative estimate of drug-likeness (QED) is 0.930. The summed E-state index contributed by atoms with van der Waals surface area (Å²) in [6.07, 6.45) is 3.43. The van der Waals surface area contributed by atoms with Gasteiger partial charge in [-0.15, -0.1) is 12.4 Å². The third-order valence-corrected chi connectivity index (χ3v) is 3.84. The lowest BCUT2D eigenvalue weighted by molar-refractivity contribution is 0.175. The Labute approximate surface area is 134 Å². The van der Waals surface area contributed by atoms with Crippen molar-refractivity contribution in [3.8, 4) is 5.75 Å². The first-order valence-corrected chi connectivity index (χ1v) is 7.12. The molecule has 0 amide bonds. The SMILES string of the molecule is CC(Oc1cccc(F)c1)c1nc(C2(N)CCCC2)no1.Cl. The molecular formula is C15H19ClFN3O2. The summed E-state index contributed by atoms with van der Waals surface area (Å²) in [7, 11) is 0. The van der Waals surface area contributed by atoms with E-state index >= 15 is 0 Å². The summed E-state index contributed by atoms with van der Waals surface area (Å²) in [5.41, 5.74) is 5.81. The molecule has 7 heteroatoms. The van der Waals surface area contributed by atoms with Crippen LogP contribution in [0.2, 0.25) is 0 Å². The van der Waals surface area contributed by atoms with Crippen molar-refractivity contribution in [2.45, 2.75) is 44.2 Å². The van der Waals surface area contributed by atoms with Gasteiger partial charge >= 0.3 is 0 Å². The fourth-order valence-electron chi connectivity index (χ4n) is 2.63. The molecule has 1 fully saturated rings. The molecule has 22 heavy (non-hydrogen) atoms. The molecule has 0 aliphatic heterocycles. The van der Waals surface area contributed by atoms with Gasteiger partial charge in [0.25, 0.3) is 5.89 Å². The number of rotatable bonds is 4. The van der Waals surface area contributed by atoms with E-state index in [-0.39, 0.29) is 18.2 Å². The number of nitrogens with zero attached hydrogens (tertiary/aromatic N) is 2. The Morgan fingerprint density at radius 3 is 2.77 bits per heavy atom. The molecule has 1 unspecified atom stereocenters. The smallest absolute Gasteiger partial charge is 0.267 e. The lowest BCUT2D eigenvalue weighted by atomic mass is 9.99. The first kappa shape index (κ1) is 16.7. The van der Waals surface area contributed by atoms with Gasteiger partial charge in [-0.2, -0.15) is 4.98 Å². The van der Waals surface area contributed by atoms with E-state index in [1.54, 1.807) is 19.1 Å². The van der Waals surface area contributed by atoms with Crippen molar-refractivity contribution < 1.29 is 13.7 Å². The molecule has 2 N–H and O–H groups in total. The monoisotopic (exact) mass is 327 g/mol. The van der Waals surface area contributed by atoms with E-state index in [1.807, 2.05) is 0 Å². The average Bonchev–Trinajstić information content (AvgIpc) is 3.08. The van der Waals surface area contributed by atoms with Crippen LogP contribution in [0.4, 0.5) is 4.39 Å². The molecule has 2 aromatic rings. The minimum Gasteiger partial charge on any atom is -0.481 e. The zero-order valence-corrected chi connectivity index (χ0v) is 13.1. The summed E-state index contributed by atoms with van der Waals surface area (Å²) in [6, 6.07) is 5.94. The summed E-state index contributed by atoms with van der Waals surface area (Å²) < 4.78 is 24.0. The summed E-state index contributed by atoms with van der Waals surface area (Å²) >= 11 is 0. The number of benzene rings is 1. The second kappa shape index (κ2) is 6.62. The zero-order valence-electron chi connectivity index (χ0n) is 12.3. The summed E-state index contributed by atoms with van der Waals surface area (Å²) in [5, 5.41) is 3.99. The van der Waals surface area contributed by atoms with Crippen molar-refractivity contribution in [3.05, 3.63) is 41.8 Å². The van der Waals surface area contributed by atoms with Crippen LogP contribution in [0.15, 0.2) is 28.8 Å². The van der Waals surface area contributed by atoms with Gasteiger partial charge in [0.05, 0.1) is 5.54 Å². The largest absolute Gasteiger partial charge is 0.481 e. The van der Waals surface area contributed by atoms with Crippen LogP contribution in [0, 0.1) is 5.82 Å². The number of hydrogen-bond donors (Lipinski definition) is 1. The molecule has 1 aromatic carbocycles. The number of ether oxygens (including phenoxy) is 1. The third-order valence-electron chi connectivity index (χ3n) is 3.84. The van der Waals surface area contributed by atoms with Gasteiger partial charge in [0.1, 0.15) is 11.6 Å². The average molecular weight is 328 g/mol. The molecule has 1 saturated carbocycles. The zero-order chi connectivity index (χ0) is 14.9. The normalized spacial score (nSPS) is 17.8. The second-order valence-corrected chi connectivity index (χ2v) is 5.54. The predicted octanol–water partition coefficient (Wildman–Crippen LogP) is 3.50. The van der Waals surface area contributed by atoms with Gasteiger partial charge in [-0.25, -0.2) is 4.39 Å². The highest BCUT2D eigenvalue weighted by Gasteiger charge is 2.36. The van der Waals surface area contributed by atoms with Gasteiger partial charge < -0.3 is 15.0 Å². The van der Waals surface area contributed by atoms with E-state index in [0.717, 1.165) is 25.7 Å². The molecule has 0 bridgehead atoms. The number of hydrogen-bond acceptors (Lipinski definition) is 5. The Bertz CT molecular complexity index is 629. The topological polar surface area (TPSA) is 74.2 Å². The number of nitrogens with two attached hydrogens (primary N) is 1. The van der Waals surface area contributed by atoms with Crippen molar-refractivity contribution in [2.24, 2.45) is 5.73 Å². The van der Waals surface area contributed by atoms with Crippen molar-refractivity contribution in [1.29, 1.82) is 0 Å². The molecule has 0 spiro atoms. The highest BCUT2D eigenvalue weighted by atomic mass is 35.5. The molecular weight excluding hydrogens is 309 g/mol. The van der Waals surface area contributed by atoms with E-state index in [9.17, 15) is 4.39 Å². The van der Waals surface area contributed by atoms with Crippen LogP contribution in [-0.2, 0) is 5.54 Å². The Balaban J connectivity index is 0.00000176. The molecule has 0 radical (unpaired) electrons. The fourth-order valence-corrected chi connectivity index (χ4v) is 2.63. The van der Waals surface area contributed by atoms with Crippen molar-refractivity contribution in [1.82, 2.24) is 10.1 Å². The Kier molecular flexibility index (Phi) is 5.03. The van der Waals surface area contributed by atoms with E-state index in [1.165, 1.54) is 12.1 Å². The Hall–Kier alpha value is -1.66. The second-order valence-electron chi connectivity index (χ2n) is 5.54. The molecule has 1 heterocycles. The maximum absolute atomic E-state index is 13.1. The number of aromatic nitrogens is 2. The van der Waals surface area contributed by atoms with Crippen molar-refractivity contribution >= 4 is 12.4 Å². The molecule has 1 atom stereocenters. The fraction of sp³-hybridized carbons (Fsp3) is 0.467. The van der Waals surface area contributed by atoms with Crippen LogP contribution < -0.4 is 10.5 Å². The molecule has 1 aliphatic carbocycles. The molecule has 5 nitrogen and oxygen atoms in total. The van der Waals surface area contributed by atoms with Crippen molar-refractivity contribution in [2.75, 3.05) is 0 Å². The number of halogens is 2. The highest BCUT2D eigenvalue weighted by molar-refractivity contribution is 5.85. The third kappa shape index (κ3) is 3.39. The van der Waals surface area contributed by atoms with Gasteiger partial charge in [0.2, 0.25) is 0 Å². The molecule has 0 saturated heterocycles. The molecule has 1 aromatic heterocycles. The minimum absolute atomic E-state index is 0. The van der Waals surface area contributed by atoms with E-state index < -0.39 is 11.6 Å². The van der Waals surface area contributed by atoms with Crippen LogP contribution in [0.3, 0.4) is 0 Å². The predicted molar refractivity (Wildman–Crippen MR) is 81.3 cm³/mol. The van der Waals surface area contributed by atoms with Gasteiger partial charge in [-0.3, -0.25) is 0 Å². The van der Waals surface area contributed by atoms with Crippen LogP contribution in [0.5, 0.6) is 5.75 Å². The lowest BCUT2D eigenvalue weighted by Crippen LogP contribution is -2.34. The summed E-state index contributed by atoms with van der Waals surface area (Å²) in [4.78, 5) is 4.36. The molecule has 3 rings (SSSR count). The van der Waals surface area contributed by atoms with Crippen LogP contribution in [-0.4, -0.2) is 10.1 Å². The van der Waals surface area contributed by atoms with Crippen LogP contribution in [0.1, 0.15) is 50.4 Å². The summed E-state index contributed by atoms with van der Waals surface area (Å²) in [5.74, 6) is 0.957. The van der Waals surface area contributed by atoms with E-state index in [0.29, 0.717) is 17.5 Å². The molecule has 1 aliphatic rings. The first-order chi connectivity index (χ1) is 10.1. The molecule has 120 valence electrons. The van der Waals surface area contributed by atoms with Crippen LogP contribution >= 0.6 is 12.4 Å². The van der Waals surface area contributed by atoms with Crippen molar-refractivity contribution in [3.63, 3.8) is 0 Å².